The monoisotopic (exact) mass is 231 g/mol. The van der Waals surface area contributed by atoms with Gasteiger partial charge in [0.1, 0.15) is 0 Å². The first-order valence-electron chi connectivity index (χ1n) is 5.95. The number of nitrogens with zero attached hydrogens (tertiary/aromatic N) is 1. The van der Waals surface area contributed by atoms with Crippen LogP contribution in [0.2, 0.25) is 0 Å². The Bertz CT molecular complexity index is 185. The molecular formula is C12H25NO3. The summed E-state index contributed by atoms with van der Waals surface area (Å²) >= 11 is 0. The van der Waals surface area contributed by atoms with Crippen molar-refractivity contribution in [1.82, 2.24) is 4.90 Å². The number of hydrogen-bond donors (Lipinski definition) is 0. The van der Waals surface area contributed by atoms with Crippen molar-refractivity contribution in [3.05, 3.63) is 0 Å². The van der Waals surface area contributed by atoms with Crippen LogP contribution in [0.5, 0.6) is 0 Å². The zero-order chi connectivity index (χ0) is 12.4. The van der Waals surface area contributed by atoms with Gasteiger partial charge in [0, 0.05) is 26.2 Å². The van der Waals surface area contributed by atoms with Gasteiger partial charge in [0.05, 0.1) is 20.1 Å². The third kappa shape index (κ3) is 6.80. The Morgan fingerprint density at radius 2 is 2.00 bits per heavy atom. The maximum atomic E-state index is 11.1. The number of carbonyl (C=O) groups is 1. The lowest BCUT2D eigenvalue weighted by Crippen LogP contribution is -2.37. The van der Waals surface area contributed by atoms with Gasteiger partial charge in [-0.05, 0) is 13.3 Å². The first-order chi connectivity index (χ1) is 7.65. The van der Waals surface area contributed by atoms with Crippen molar-refractivity contribution in [3.8, 4) is 0 Å². The summed E-state index contributed by atoms with van der Waals surface area (Å²) in [6.45, 7) is 6.68. The van der Waals surface area contributed by atoms with E-state index in [-0.39, 0.29) is 5.97 Å². The first kappa shape index (κ1) is 15.4. The van der Waals surface area contributed by atoms with Gasteiger partial charge in [-0.3, -0.25) is 9.69 Å². The Hall–Kier alpha value is -0.610. The molecule has 1 unspecified atom stereocenters. The van der Waals surface area contributed by atoms with E-state index in [9.17, 15) is 4.79 Å². The molecule has 0 heterocycles. The van der Waals surface area contributed by atoms with E-state index in [1.807, 2.05) is 0 Å². The van der Waals surface area contributed by atoms with Crippen molar-refractivity contribution in [1.29, 1.82) is 0 Å². The van der Waals surface area contributed by atoms with Crippen molar-refractivity contribution in [2.24, 2.45) is 0 Å². The molecule has 0 fully saturated rings. The Labute approximate surface area is 98.9 Å². The number of carbonyl (C=O) groups excluding carboxylic acids is 1. The molecule has 0 N–H and O–H groups in total. The quantitative estimate of drug-likeness (QED) is 0.566. The molecule has 0 aromatic carbocycles. The van der Waals surface area contributed by atoms with Gasteiger partial charge in [0.2, 0.25) is 0 Å². The van der Waals surface area contributed by atoms with E-state index in [1.165, 1.54) is 7.11 Å². The molecule has 0 aliphatic heterocycles. The summed E-state index contributed by atoms with van der Waals surface area (Å²) in [6.07, 6.45) is 2.75. The van der Waals surface area contributed by atoms with Gasteiger partial charge in [-0.15, -0.1) is 0 Å². The fraction of sp³-hybridized carbons (Fsp3) is 0.917. The Morgan fingerprint density at radius 1 is 1.31 bits per heavy atom. The second-order valence-corrected chi connectivity index (χ2v) is 3.99. The normalized spacial score (nSPS) is 12.8. The predicted molar refractivity (Wildman–Crippen MR) is 64.5 cm³/mol. The van der Waals surface area contributed by atoms with Crippen molar-refractivity contribution < 1.29 is 14.3 Å². The van der Waals surface area contributed by atoms with E-state index in [2.05, 4.69) is 23.5 Å². The van der Waals surface area contributed by atoms with Crippen LogP contribution in [0.15, 0.2) is 0 Å². The summed E-state index contributed by atoms with van der Waals surface area (Å²) in [7, 11) is 3.13. The molecule has 4 heteroatoms. The van der Waals surface area contributed by atoms with Gasteiger partial charge in [0.25, 0.3) is 0 Å². The van der Waals surface area contributed by atoms with E-state index < -0.39 is 0 Å². The molecule has 16 heavy (non-hydrogen) atoms. The van der Waals surface area contributed by atoms with Gasteiger partial charge < -0.3 is 9.47 Å². The van der Waals surface area contributed by atoms with Crippen LogP contribution in [0.3, 0.4) is 0 Å². The van der Waals surface area contributed by atoms with Crippen LogP contribution in [0.25, 0.3) is 0 Å². The van der Waals surface area contributed by atoms with Gasteiger partial charge >= 0.3 is 5.97 Å². The van der Waals surface area contributed by atoms with Crippen LogP contribution < -0.4 is 0 Å². The standard InChI is InChI=1S/C12H25NO3/c1-5-6-11(2)13(9-10-15-3)8-7-12(14)16-4/h11H,5-10H2,1-4H3. The summed E-state index contributed by atoms with van der Waals surface area (Å²) in [5.74, 6) is -0.147. The van der Waals surface area contributed by atoms with Crippen LogP contribution in [0, 0.1) is 0 Å². The zero-order valence-electron chi connectivity index (χ0n) is 11.0. The fourth-order valence-corrected chi connectivity index (χ4v) is 1.70. The minimum atomic E-state index is -0.147. The number of methoxy groups -OCH3 is 2. The van der Waals surface area contributed by atoms with Gasteiger partial charge in [0.15, 0.2) is 0 Å². The number of ether oxygens (including phenoxy) is 2. The lowest BCUT2D eigenvalue weighted by Gasteiger charge is -2.28. The fourth-order valence-electron chi connectivity index (χ4n) is 1.70. The molecule has 0 bridgehead atoms. The topological polar surface area (TPSA) is 38.8 Å². The second-order valence-electron chi connectivity index (χ2n) is 3.99. The lowest BCUT2D eigenvalue weighted by molar-refractivity contribution is -0.141. The van der Waals surface area contributed by atoms with Crippen LogP contribution in [0.4, 0.5) is 0 Å². The summed E-state index contributed by atoms with van der Waals surface area (Å²) in [5, 5.41) is 0. The molecule has 96 valence electrons. The molecule has 0 aliphatic carbocycles. The molecule has 0 aromatic rings. The number of rotatable bonds is 9. The molecular weight excluding hydrogens is 206 g/mol. The number of esters is 1. The third-order valence-corrected chi connectivity index (χ3v) is 2.74. The Kier molecular flexibility index (Phi) is 9.24. The molecule has 0 saturated carbocycles. The molecule has 1 atom stereocenters. The molecule has 0 aliphatic rings. The van der Waals surface area contributed by atoms with Crippen LogP contribution in [0.1, 0.15) is 33.1 Å². The van der Waals surface area contributed by atoms with E-state index in [1.54, 1.807) is 7.11 Å². The highest BCUT2D eigenvalue weighted by molar-refractivity contribution is 5.69. The lowest BCUT2D eigenvalue weighted by atomic mass is 10.1. The second kappa shape index (κ2) is 9.60. The van der Waals surface area contributed by atoms with Crippen molar-refractivity contribution >= 4 is 5.97 Å². The molecule has 0 saturated heterocycles. The predicted octanol–water partition coefficient (Wildman–Crippen LogP) is 1.69. The molecule has 0 spiro atoms. The van der Waals surface area contributed by atoms with E-state index in [0.717, 1.165) is 25.9 Å². The SMILES string of the molecule is CCCC(C)N(CCOC)CCC(=O)OC. The van der Waals surface area contributed by atoms with Crippen molar-refractivity contribution in [2.45, 2.75) is 39.2 Å². The molecule has 0 aromatic heterocycles. The van der Waals surface area contributed by atoms with Crippen LogP contribution in [-0.4, -0.2) is 50.8 Å². The highest BCUT2D eigenvalue weighted by atomic mass is 16.5. The van der Waals surface area contributed by atoms with Gasteiger partial charge in [-0.1, -0.05) is 13.3 Å². The van der Waals surface area contributed by atoms with Gasteiger partial charge in [-0.25, -0.2) is 0 Å². The molecule has 0 radical (unpaired) electrons. The van der Waals surface area contributed by atoms with Crippen molar-refractivity contribution in [3.63, 3.8) is 0 Å². The average Bonchev–Trinajstić information content (AvgIpc) is 2.29. The van der Waals surface area contributed by atoms with E-state index >= 15 is 0 Å². The first-order valence-corrected chi connectivity index (χ1v) is 5.95. The smallest absolute Gasteiger partial charge is 0.306 e. The minimum absolute atomic E-state index is 0.147. The molecule has 0 rings (SSSR count). The third-order valence-electron chi connectivity index (χ3n) is 2.74. The molecule has 0 amide bonds. The Morgan fingerprint density at radius 3 is 2.50 bits per heavy atom. The van der Waals surface area contributed by atoms with Crippen molar-refractivity contribution in [2.75, 3.05) is 33.9 Å². The largest absolute Gasteiger partial charge is 0.469 e. The summed E-state index contributed by atoms with van der Waals surface area (Å²) < 4.78 is 9.72. The maximum Gasteiger partial charge on any atom is 0.306 e. The van der Waals surface area contributed by atoms with E-state index in [0.29, 0.717) is 19.1 Å². The zero-order valence-corrected chi connectivity index (χ0v) is 11.0. The summed E-state index contributed by atoms with van der Waals surface area (Å²) in [4.78, 5) is 13.4. The Balaban J connectivity index is 4.03. The highest BCUT2D eigenvalue weighted by Gasteiger charge is 2.14. The highest BCUT2D eigenvalue weighted by Crippen LogP contribution is 2.07. The minimum Gasteiger partial charge on any atom is -0.469 e. The average molecular weight is 231 g/mol. The summed E-state index contributed by atoms with van der Waals surface area (Å²) in [6, 6.07) is 0.491. The summed E-state index contributed by atoms with van der Waals surface area (Å²) in [5.41, 5.74) is 0. The molecule has 4 nitrogen and oxygen atoms in total. The van der Waals surface area contributed by atoms with Gasteiger partial charge in [-0.2, -0.15) is 0 Å². The van der Waals surface area contributed by atoms with Crippen LogP contribution >= 0.6 is 0 Å². The maximum absolute atomic E-state index is 11.1. The number of hydrogen-bond acceptors (Lipinski definition) is 4. The van der Waals surface area contributed by atoms with Crippen LogP contribution in [-0.2, 0) is 14.3 Å². The van der Waals surface area contributed by atoms with E-state index in [4.69, 9.17) is 4.74 Å².